The molecule has 0 bridgehead atoms. The van der Waals surface area contributed by atoms with Crippen molar-refractivity contribution in [3.63, 3.8) is 0 Å². The predicted octanol–water partition coefficient (Wildman–Crippen LogP) is -7.13. The first-order chi connectivity index (χ1) is 4.00. The summed E-state index contributed by atoms with van der Waals surface area (Å²) in [6.45, 7) is 0. The third kappa shape index (κ3) is 367. The fraction of sp³-hybridized carbons (Fsp3) is 0. The maximum Gasteiger partial charge on any atom is 2.00 e. The zero-order chi connectivity index (χ0) is 9.00. The van der Waals surface area contributed by atoms with Crippen LogP contribution in [0.1, 0.15) is 0 Å². The Hall–Kier alpha value is 1.99. The molecule has 0 aromatic heterocycles. The summed E-state index contributed by atoms with van der Waals surface area (Å²) in [6, 6.07) is 0. The summed E-state index contributed by atoms with van der Waals surface area (Å²) in [7, 11) is -10.0. The van der Waals surface area contributed by atoms with E-state index in [0.717, 1.165) is 0 Å². The van der Waals surface area contributed by atoms with E-state index in [4.69, 9.17) is 38.5 Å². The molecule has 0 fully saturated rings. The van der Waals surface area contributed by atoms with Crippen molar-refractivity contribution in [1.82, 2.24) is 0 Å². The maximum atomic E-state index is 8.88. The molecular weight excluding hydrogens is 237 g/mol. The molecule has 0 aromatic rings. The molecule has 0 aliphatic heterocycles. The van der Waals surface area contributed by atoms with Crippen LogP contribution in [-0.4, -0.2) is 37.7 Å². The molecule has 12 heavy (non-hydrogen) atoms. The minimum atomic E-state index is -5.39. The van der Waals surface area contributed by atoms with Crippen molar-refractivity contribution in [1.29, 1.82) is 0 Å². The van der Waals surface area contributed by atoms with Crippen molar-refractivity contribution in [3.05, 3.63) is 0 Å². The zero-order valence-electron chi connectivity index (χ0n) is 5.98. The van der Waals surface area contributed by atoms with Gasteiger partial charge in [-0.2, -0.15) is 7.82 Å². The predicted molar refractivity (Wildman–Crippen MR) is 27.6 cm³/mol. The van der Waals surface area contributed by atoms with E-state index in [0.29, 0.717) is 0 Å². The van der Waals surface area contributed by atoms with Gasteiger partial charge in [0, 0.05) is 0 Å². The number of hydrogen-bond acceptors (Lipinski definition) is 5. The molecule has 0 atom stereocenters. The normalized spacial score (nSPS) is 9.83. The van der Waals surface area contributed by atoms with Crippen molar-refractivity contribution in [2.75, 3.05) is 0 Å². The largest absolute Gasteiger partial charge is 2.00 e. The van der Waals surface area contributed by atoms with E-state index >= 15 is 0 Å². The number of hydrogen-bond donors (Lipinski definition) is 3. The van der Waals surface area contributed by atoms with E-state index in [1.165, 1.54) is 0 Å². The molecule has 64 valence electrons. The summed E-state index contributed by atoms with van der Waals surface area (Å²) >= 11 is 0. The Morgan fingerprint density at radius 1 is 0.917 bits per heavy atom. The SMILES string of the molecule is O=P(O)(O)O.O=P([O-])([O-])[O-].[Mg+2].[Na+]. The third-order valence-corrected chi connectivity index (χ3v) is 0. The first-order valence-corrected chi connectivity index (χ1v) is 4.54. The molecule has 0 saturated carbocycles. The molecule has 0 heterocycles. The van der Waals surface area contributed by atoms with E-state index < -0.39 is 15.6 Å². The molecule has 0 aliphatic rings. The van der Waals surface area contributed by atoms with E-state index in [1.807, 2.05) is 0 Å². The Kier molecular flexibility index (Phi) is 18.8. The van der Waals surface area contributed by atoms with Crippen molar-refractivity contribution >= 4 is 38.7 Å². The summed E-state index contributed by atoms with van der Waals surface area (Å²) in [6.07, 6.45) is 0. The Morgan fingerprint density at radius 2 is 0.917 bits per heavy atom. The van der Waals surface area contributed by atoms with Gasteiger partial charge in [-0.05, 0) is 0 Å². The summed E-state index contributed by atoms with van der Waals surface area (Å²) in [5.74, 6) is 0. The molecule has 0 aromatic carbocycles. The molecule has 0 saturated heterocycles. The topological polar surface area (TPSA) is 164 Å². The second kappa shape index (κ2) is 9.54. The van der Waals surface area contributed by atoms with Gasteiger partial charge in [0.05, 0.1) is 0 Å². The first kappa shape index (κ1) is 23.7. The summed E-state index contributed by atoms with van der Waals surface area (Å²) in [5.41, 5.74) is 0. The maximum absolute atomic E-state index is 8.88. The van der Waals surface area contributed by atoms with Gasteiger partial charge in [-0.25, -0.2) is 4.57 Å². The van der Waals surface area contributed by atoms with Gasteiger partial charge in [-0.15, -0.1) is 0 Å². The second-order valence-corrected chi connectivity index (χ2v) is 2.88. The van der Waals surface area contributed by atoms with Gasteiger partial charge in [0.2, 0.25) is 0 Å². The van der Waals surface area contributed by atoms with E-state index in [9.17, 15) is 0 Å². The quantitative estimate of drug-likeness (QED) is 0.277. The molecular formula is H3MgNaO8P2. The fourth-order valence-corrected chi connectivity index (χ4v) is 0. The van der Waals surface area contributed by atoms with Gasteiger partial charge >= 0.3 is 60.4 Å². The van der Waals surface area contributed by atoms with Crippen LogP contribution in [0.15, 0.2) is 0 Å². The van der Waals surface area contributed by atoms with Crippen LogP contribution in [0, 0.1) is 0 Å². The van der Waals surface area contributed by atoms with Crippen LogP contribution in [-0.2, 0) is 9.13 Å². The summed E-state index contributed by atoms with van der Waals surface area (Å²) < 4.78 is 17.4. The Morgan fingerprint density at radius 3 is 0.917 bits per heavy atom. The minimum Gasteiger partial charge on any atom is -0.822 e. The minimum absolute atomic E-state index is 0. The van der Waals surface area contributed by atoms with E-state index in [1.54, 1.807) is 0 Å². The van der Waals surface area contributed by atoms with Crippen molar-refractivity contribution in [2.45, 2.75) is 0 Å². The van der Waals surface area contributed by atoms with Crippen LogP contribution in [0.25, 0.3) is 0 Å². The summed E-state index contributed by atoms with van der Waals surface area (Å²) in [4.78, 5) is 47.2. The van der Waals surface area contributed by atoms with E-state index in [-0.39, 0.29) is 52.6 Å². The molecule has 0 spiro atoms. The average Bonchev–Trinajstić information content (AvgIpc) is 1.12. The Bertz CT molecular complexity index is 129. The molecule has 8 nitrogen and oxygen atoms in total. The van der Waals surface area contributed by atoms with Crippen LogP contribution < -0.4 is 44.2 Å². The van der Waals surface area contributed by atoms with Crippen LogP contribution in [0.5, 0.6) is 0 Å². The average molecular weight is 240 g/mol. The summed E-state index contributed by atoms with van der Waals surface area (Å²) in [5, 5.41) is 0. The van der Waals surface area contributed by atoms with E-state index in [2.05, 4.69) is 0 Å². The zero-order valence-corrected chi connectivity index (χ0v) is 11.2. The third-order valence-electron chi connectivity index (χ3n) is 0. The number of rotatable bonds is 0. The molecule has 0 aliphatic carbocycles. The molecule has 3 N–H and O–H groups in total. The molecule has 12 heteroatoms. The van der Waals surface area contributed by atoms with Crippen LogP contribution in [0.2, 0.25) is 0 Å². The van der Waals surface area contributed by atoms with Gasteiger partial charge in [0.1, 0.15) is 0 Å². The van der Waals surface area contributed by atoms with Gasteiger partial charge in [0.25, 0.3) is 0 Å². The van der Waals surface area contributed by atoms with Gasteiger partial charge in [-0.3, -0.25) is 0 Å². The van der Waals surface area contributed by atoms with Crippen LogP contribution in [0.3, 0.4) is 0 Å². The standard InChI is InChI=1S/Mg.Na.2H3O4P/c;;2*1-5(2,3)4/h;;2*(H3,1,2,3,4)/q+2;+1;;/p-3. The molecule has 0 amide bonds. The first-order valence-electron chi connectivity index (χ1n) is 1.51. The van der Waals surface area contributed by atoms with Crippen molar-refractivity contribution in [3.8, 4) is 0 Å². The number of phosphoric acid groups is 2. The van der Waals surface area contributed by atoms with Crippen LogP contribution >= 0.6 is 15.6 Å². The Balaban J connectivity index is -0.0000000457. The van der Waals surface area contributed by atoms with Gasteiger partial charge in [0.15, 0.2) is 0 Å². The Labute approximate surface area is 106 Å². The molecule has 0 radical (unpaired) electrons. The molecule has 0 unspecified atom stereocenters. The van der Waals surface area contributed by atoms with Crippen LogP contribution in [0.4, 0.5) is 0 Å². The van der Waals surface area contributed by atoms with Crippen molar-refractivity contribution < 1.29 is 68.0 Å². The smallest absolute Gasteiger partial charge is 0.822 e. The van der Waals surface area contributed by atoms with Gasteiger partial charge < -0.3 is 33.9 Å². The second-order valence-electron chi connectivity index (χ2n) is 0.960. The fourth-order valence-electron chi connectivity index (χ4n) is 0. The molecule has 0 rings (SSSR count). The van der Waals surface area contributed by atoms with Crippen molar-refractivity contribution in [2.24, 2.45) is 0 Å². The van der Waals surface area contributed by atoms with Gasteiger partial charge in [-0.1, -0.05) is 0 Å². The monoisotopic (exact) mass is 240 g/mol.